The fourth-order valence-corrected chi connectivity index (χ4v) is 4.44. The van der Waals surface area contributed by atoms with Crippen LogP contribution in [0.15, 0.2) is 36.4 Å². The van der Waals surface area contributed by atoms with E-state index < -0.39 is 0 Å². The third-order valence-electron chi connectivity index (χ3n) is 6.38. The molecule has 0 saturated carbocycles. The summed E-state index contributed by atoms with van der Waals surface area (Å²) in [6, 6.07) is 11.7. The average molecular weight is 527 g/mol. The maximum Gasteiger partial charge on any atom is 0.260 e. The molecule has 8 heteroatoms. The molecule has 0 unspecified atom stereocenters. The lowest BCUT2D eigenvalue weighted by molar-refractivity contribution is -0.141. The Bertz CT molecular complexity index is 966. The molecule has 0 N–H and O–H groups in total. The van der Waals surface area contributed by atoms with E-state index in [1.54, 1.807) is 9.80 Å². The number of carbonyl (C=O) groups excluding carboxylic acids is 2. The van der Waals surface area contributed by atoms with Crippen LogP contribution in [0.1, 0.15) is 51.7 Å². The number of nitrogens with zero attached hydrogens (tertiary/aromatic N) is 2. The quantitative estimate of drug-likeness (QED) is 0.360. The van der Waals surface area contributed by atoms with E-state index in [0.717, 1.165) is 25.7 Å². The number of rotatable bonds is 14. The van der Waals surface area contributed by atoms with Gasteiger partial charge in [0.2, 0.25) is 0 Å². The van der Waals surface area contributed by atoms with Crippen LogP contribution in [-0.4, -0.2) is 74.2 Å². The van der Waals surface area contributed by atoms with Crippen LogP contribution in [0.5, 0.6) is 23.0 Å². The van der Waals surface area contributed by atoms with Crippen molar-refractivity contribution in [3.63, 3.8) is 0 Å². The van der Waals surface area contributed by atoms with Crippen LogP contribution in [0.2, 0.25) is 0 Å². The maximum absolute atomic E-state index is 12.8. The van der Waals surface area contributed by atoms with E-state index in [-0.39, 0.29) is 25.0 Å². The SMILES string of the molecule is CCCc1ccc(OCC(=O)N2CCN(C(=O)COc3ccc(CCC)cc3OCC)CC2)c(OCC)c1. The first kappa shape index (κ1) is 29.1. The molecule has 0 spiro atoms. The standard InChI is InChI=1S/C30H42N2O6/c1-5-9-23-11-13-25(27(19-23)35-7-3)37-21-29(33)31-15-17-32(18-16-31)30(34)22-38-26-14-12-24(10-6-2)20-28(26)36-8-4/h11-14,19-20H,5-10,15-18,21-22H2,1-4H3. The van der Waals surface area contributed by atoms with Gasteiger partial charge >= 0.3 is 0 Å². The number of ether oxygens (including phenoxy) is 4. The van der Waals surface area contributed by atoms with Crippen LogP contribution in [0.25, 0.3) is 0 Å². The van der Waals surface area contributed by atoms with Gasteiger partial charge in [0.1, 0.15) is 0 Å². The zero-order valence-electron chi connectivity index (χ0n) is 23.3. The van der Waals surface area contributed by atoms with E-state index in [1.165, 1.54) is 11.1 Å². The second-order valence-electron chi connectivity index (χ2n) is 9.27. The first-order chi connectivity index (χ1) is 18.5. The minimum Gasteiger partial charge on any atom is -0.490 e. The van der Waals surface area contributed by atoms with Crippen molar-refractivity contribution in [1.82, 2.24) is 9.80 Å². The number of piperazine rings is 1. The molecule has 1 aliphatic heterocycles. The maximum atomic E-state index is 12.8. The molecule has 3 rings (SSSR count). The van der Waals surface area contributed by atoms with Crippen LogP contribution < -0.4 is 18.9 Å². The first-order valence-corrected chi connectivity index (χ1v) is 13.8. The Morgan fingerprint density at radius 1 is 0.605 bits per heavy atom. The molecule has 0 aromatic heterocycles. The van der Waals surface area contributed by atoms with Crippen molar-refractivity contribution < 1.29 is 28.5 Å². The van der Waals surface area contributed by atoms with Crippen molar-refractivity contribution in [2.75, 3.05) is 52.6 Å². The van der Waals surface area contributed by atoms with Gasteiger partial charge in [0.25, 0.3) is 11.8 Å². The highest BCUT2D eigenvalue weighted by molar-refractivity contribution is 5.80. The number of carbonyl (C=O) groups is 2. The third kappa shape index (κ3) is 8.30. The molecular weight excluding hydrogens is 484 g/mol. The lowest BCUT2D eigenvalue weighted by Gasteiger charge is -2.34. The van der Waals surface area contributed by atoms with Crippen molar-refractivity contribution in [2.24, 2.45) is 0 Å². The number of amides is 2. The number of hydrogen-bond donors (Lipinski definition) is 0. The second-order valence-corrected chi connectivity index (χ2v) is 9.27. The number of aryl methyl sites for hydroxylation is 2. The smallest absolute Gasteiger partial charge is 0.260 e. The molecule has 0 radical (unpaired) electrons. The van der Waals surface area contributed by atoms with E-state index >= 15 is 0 Å². The van der Waals surface area contributed by atoms with Crippen molar-refractivity contribution in [3.05, 3.63) is 47.5 Å². The minimum absolute atomic E-state index is 0.0709. The van der Waals surface area contributed by atoms with Gasteiger partial charge in [-0.1, -0.05) is 38.8 Å². The predicted molar refractivity (Wildman–Crippen MR) is 147 cm³/mol. The highest BCUT2D eigenvalue weighted by atomic mass is 16.5. The fraction of sp³-hybridized carbons (Fsp3) is 0.533. The van der Waals surface area contributed by atoms with Crippen LogP contribution in [-0.2, 0) is 22.4 Å². The van der Waals surface area contributed by atoms with Gasteiger partial charge < -0.3 is 28.7 Å². The summed E-state index contributed by atoms with van der Waals surface area (Å²) >= 11 is 0. The molecule has 0 bridgehead atoms. The molecule has 8 nitrogen and oxygen atoms in total. The molecule has 38 heavy (non-hydrogen) atoms. The molecule has 2 amide bonds. The van der Waals surface area contributed by atoms with Gasteiger partial charge in [-0.3, -0.25) is 9.59 Å². The van der Waals surface area contributed by atoms with Crippen molar-refractivity contribution >= 4 is 11.8 Å². The van der Waals surface area contributed by atoms with Gasteiger partial charge in [0.05, 0.1) is 13.2 Å². The molecule has 0 aliphatic carbocycles. The minimum atomic E-state index is -0.109. The van der Waals surface area contributed by atoms with Gasteiger partial charge in [-0.2, -0.15) is 0 Å². The zero-order valence-corrected chi connectivity index (χ0v) is 23.3. The Labute approximate surface area is 226 Å². The third-order valence-corrected chi connectivity index (χ3v) is 6.38. The summed E-state index contributed by atoms with van der Waals surface area (Å²) in [6.45, 7) is 10.8. The molecule has 2 aromatic rings. The largest absolute Gasteiger partial charge is 0.490 e. The van der Waals surface area contributed by atoms with Crippen LogP contribution in [0.4, 0.5) is 0 Å². The Balaban J connectivity index is 1.47. The number of benzene rings is 2. The molecule has 1 fully saturated rings. The van der Waals surface area contributed by atoms with Crippen molar-refractivity contribution in [1.29, 1.82) is 0 Å². The summed E-state index contributed by atoms with van der Waals surface area (Å²) in [5.74, 6) is 2.24. The van der Waals surface area contributed by atoms with Crippen molar-refractivity contribution in [3.8, 4) is 23.0 Å². The Hall–Kier alpha value is -3.42. The van der Waals surface area contributed by atoms with E-state index in [2.05, 4.69) is 13.8 Å². The summed E-state index contributed by atoms with van der Waals surface area (Å²) < 4.78 is 23.1. The summed E-state index contributed by atoms with van der Waals surface area (Å²) in [5.41, 5.74) is 2.36. The lowest BCUT2D eigenvalue weighted by atomic mass is 10.1. The molecule has 2 aromatic carbocycles. The first-order valence-electron chi connectivity index (χ1n) is 13.8. The van der Waals surface area contributed by atoms with Gasteiger partial charge in [0.15, 0.2) is 36.2 Å². The molecule has 1 saturated heterocycles. The summed E-state index contributed by atoms with van der Waals surface area (Å²) in [7, 11) is 0. The van der Waals surface area contributed by atoms with Gasteiger partial charge in [-0.25, -0.2) is 0 Å². The fourth-order valence-electron chi connectivity index (χ4n) is 4.44. The highest BCUT2D eigenvalue weighted by Crippen LogP contribution is 2.30. The van der Waals surface area contributed by atoms with Gasteiger partial charge in [0, 0.05) is 26.2 Å². The Morgan fingerprint density at radius 2 is 1.00 bits per heavy atom. The Kier molecular flexibility index (Phi) is 11.6. The molecular formula is C30H42N2O6. The molecule has 0 atom stereocenters. The van der Waals surface area contributed by atoms with Crippen LogP contribution in [0.3, 0.4) is 0 Å². The van der Waals surface area contributed by atoms with Gasteiger partial charge in [-0.05, 0) is 62.1 Å². The van der Waals surface area contributed by atoms with E-state index in [1.807, 2.05) is 50.2 Å². The number of hydrogen-bond acceptors (Lipinski definition) is 6. The predicted octanol–water partition coefficient (Wildman–Crippen LogP) is 4.52. The molecule has 208 valence electrons. The lowest BCUT2D eigenvalue weighted by Crippen LogP contribution is -2.52. The summed E-state index contributed by atoms with van der Waals surface area (Å²) in [6.07, 6.45) is 4.02. The van der Waals surface area contributed by atoms with Gasteiger partial charge in [-0.15, -0.1) is 0 Å². The monoisotopic (exact) mass is 526 g/mol. The highest BCUT2D eigenvalue weighted by Gasteiger charge is 2.25. The second kappa shape index (κ2) is 15.1. The zero-order chi connectivity index (χ0) is 27.3. The van der Waals surface area contributed by atoms with Crippen LogP contribution in [0, 0.1) is 0 Å². The molecule has 1 heterocycles. The Morgan fingerprint density at radius 3 is 1.34 bits per heavy atom. The van der Waals surface area contributed by atoms with E-state index in [9.17, 15) is 9.59 Å². The normalized spacial score (nSPS) is 13.3. The van der Waals surface area contributed by atoms with E-state index in [4.69, 9.17) is 18.9 Å². The average Bonchev–Trinajstić information content (AvgIpc) is 2.92. The summed E-state index contributed by atoms with van der Waals surface area (Å²) in [4.78, 5) is 29.0. The molecule has 1 aliphatic rings. The summed E-state index contributed by atoms with van der Waals surface area (Å²) in [5, 5.41) is 0. The van der Waals surface area contributed by atoms with Crippen molar-refractivity contribution in [2.45, 2.75) is 53.4 Å². The van der Waals surface area contributed by atoms with E-state index in [0.29, 0.717) is 62.4 Å². The van der Waals surface area contributed by atoms with Crippen LogP contribution >= 0.6 is 0 Å². The topological polar surface area (TPSA) is 77.5 Å².